The van der Waals surface area contributed by atoms with Gasteiger partial charge in [0.05, 0.1) is 12.4 Å². The Balaban J connectivity index is 2.03. The third-order valence-corrected chi connectivity index (χ3v) is 5.64. The molecule has 1 N–H and O–H groups in total. The number of sulfonamides is 1. The van der Waals surface area contributed by atoms with Gasteiger partial charge in [-0.3, -0.25) is 0 Å². The van der Waals surface area contributed by atoms with Crippen LogP contribution in [0.25, 0.3) is 0 Å². The van der Waals surface area contributed by atoms with Crippen LogP contribution in [0.5, 0.6) is 0 Å². The summed E-state index contributed by atoms with van der Waals surface area (Å²) in [4.78, 5) is 0. The molecule has 2 rings (SSSR count). The molecule has 0 radical (unpaired) electrons. The zero-order chi connectivity index (χ0) is 11.6. The zero-order valence-corrected chi connectivity index (χ0v) is 10.5. The normalized spacial score (nSPS) is 23.1. The van der Waals surface area contributed by atoms with Gasteiger partial charge in [-0.2, -0.15) is 4.31 Å². The van der Waals surface area contributed by atoms with Crippen LogP contribution in [-0.2, 0) is 10.0 Å². The molecule has 0 spiro atoms. The van der Waals surface area contributed by atoms with Gasteiger partial charge in [0.25, 0.3) is 0 Å². The molecular formula is C11H21NO3S. The van der Waals surface area contributed by atoms with Crippen LogP contribution < -0.4 is 0 Å². The fourth-order valence-corrected chi connectivity index (χ4v) is 4.66. The second-order valence-electron chi connectivity index (χ2n) is 4.99. The first-order chi connectivity index (χ1) is 7.63. The van der Waals surface area contributed by atoms with Crippen molar-refractivity contribution in [3.63, 3.8) is 0 Å². The van der Waals surface area contributed by atoms with Gasteiger partial charge in [-0.25, -0.2) is 8.42 Å². The summed E-state index contributed by atoms with van der Waals surface area (Å²) < 4.78 is 25.9. The lowest BCUT2D eigenvalue weighted by Gasteiger charge is -2.27. The number of aliphatic hydroxyl groups is 1. The third kappa shape index (κ3) is 2.96. The minimum atomic E-state index is -3.13. The van der Waals surface area contributed by atoms with E-state index < -0.39 is 10.0 Å². The number of nitrogens with zero attached hydrogens (tertiary/aromatic N) is 1. The van der Waals surface area contributed by atoms with Gasteiger partial charge in [0.15, 0.2) is 0 Å². The summed E-state index contributed by atoms with van der Waals surface area (Å²) in [7, 11) is -3.13. The quantitative estimate of drug-likeness (QED) is 0.760. The summed E-state index contributed by atoms with van der Waals surface area (Å²) in [5, 5.41) is 9.00. The first kappa shape index (κ1) is 12.3. The molecule has 0 unspecified atom stereocenters. The number of hydrogen-bond acceptors (Lipinski definition) is 3. The van der Waals surface area contributed by atoms with E-state index in [1.165, 1.54) is 0 Å². The largest absolute Gasteiger partial charge is 0.395 e. The highest BCUT2D eigenvalue weighted by Gasteiger charge is 2.36. The van der Waals surface area contributed by atoms with Crippen molar-refractivity contribution >= 4 is 10.0 Å². The van der Waals surface area contributed by atoms with E-state index in [-0.39, 0.29) is 19.2 Å². The third-order valence-electron chi connectivity index (χ3n) is 3.55. The van der Waals surface area contributed by atoms with Crippen molar-refractivity contribution < 1.29 is 13.5 Å². The highest BCUT2D eigenvalue weighted by atomic mass is 32.2. The highest BCUT2D eigenvalue weighted by molar-refractivity contribution is 7.89. The molecule has 0 aromatic rings. The van der Waals surface area contributed by atoms with E-state index in [9.17, 15) is 8.42 Å². The summed E-state index contributed by atoms with van der Waals surface area (Å²) in [6.07, 6.45) is 6.26. The van der Waals surface area contributed by atoms with Crippen molar-refractivity contribution in [1.82, 2.24) is 4.31 Å². The van der Waals surface area contributed by atoms with E-state index >= 15 is 0 Å². The summed E-state index contributed by atoms with van der Waals surface area (Å²) in [5.74, 6) is 0.677. The Morgan fingerprint density at radius 2 is 1.75 bits per heavy atom. The van der Waals surface area contributed by atoms with Crippen LogP contribution >= 0.6 is 0 Å². The number of aliphatic hydroxyl groups excluding tert-OH is 1. The summed E-state index contributed by atoms with van der Waals surface area (Å²) >= 11 is 0. The molecule has 0 amide bonds. The molecular weight excluding hydrogens is 226 g/mol. The fraction of sp³-hybridized carbons (Fsp3) is 1.00. The Morgan fingerprint density at radius 3 is 2.25 bits per heavy atom. The zero-order valence-electron chi connectivity index (χ0n) is 9.64. The first-order valence-electron chi connectivity index (χ1n) is 6.24. The molecule has 0 aliphatic heterocycles. The van der Waals surface area contributed by atoms with Crippen molar-refractivity contribution in [2.45, 2.75) is 44.6 Å². The maximum Gasteiger partial charge on any atom is 0.214 e. The molecule has 0 aromatic carbocycles. The molecule has 0 heterocycles. The summed E-state index contributed by atoms with van der Waals surface area (Å²) in [6.45, 7) is 0.208. The molecule has 2 saturated carbocycles. The Kier molecular flexibility index (Phi) is 3.87. The van der Waals surface area contributed by atoms with Crippen LogP contribution in [0, 0.1) is 5.92 Å². The highest BCUT2D eigenvalue weighted by Crippen LogP contribution is 2.33. The lowest BCUT2D eigenvalue weighted by molar-refractivity contribution is 0.226. The van der Waals surface area contributed by atoms with Gasteiger partial charge in [0, 0.05) is 12.6 Å². The molecule has 0 aromatic heterocycles. The van der Waals surface area contributed by atoms with Crippen molar-refractivity contribution in [3.8, 4) is 0 Å². The number of hydrogen-bond donors (Lipinski definition) is 1. The predicted octanol–water partition coefficient (Wildman–Crippen LogP) is 0.963. The van der Waals surface area contributed by atoms with Crippen LogP contribution in [-0.4, -0.2) is 42.8 Å². The van der Waals surface area contributed by atoms with Crippen molar-refractivity contribution in [2.24, 2.45) is 5.92 Å². The van der Waals surface area contributed by atoms with Crippen molar-refractivity contribution in [2.75, 3.05) is 18.9 Å². The van der Waals surface area contributed by atoms with Crippen molar-refractivity contribution in [3.05, 3.63) is 0 Å². The SMILES string of the molecule is O=S(=O)(CC1CC1)N(CCO)C1CCCC1. The molecule has 0 saturated heterocycles. The molecule has 2 aliphatic rings. The summed E-state index contributed by atoms with van der Waals surface area (Å²) in [5.41, 5.74) is 0. The van der Waals surface area contributed by atoms with Gasteiger partial charge in [-0.15, -0.1) is 0 Å². The molecule has 4 nitrogen and oxygen atoms in total. The molecule has 2 aliphatic carbocycles. The lowest BCUT2D eigenvalue weighted by Crippen LogP contribution is -2.42. The van der Waals surface area contributed by atoms with Crippen LogP contribution in [0.15, 0.2) is 0 Å². The van der Waals surface area contributed by atoms with Gasteiger partial charge >= 0.3 is 0 Å². The van der Waals surface area contributed by atoms with Crippen molar-refractivity contribution in [1.29, 1.82) is 0 Å². The minimum Gasteiger partial charge on any atom is -0.395 e. The van der Waals surface area contributed by atoms with Crippen LogP contribution in [0.1, 0.15) is 38.5 Å². The van der Waals surface area contributed by atoms with Gasteiger partial charge < -0.3 is 5.11 Å². The van der Waals surface area contributed by atoms with Gasteiger partial charge in [0.1, 0.15) is 0 Å². The van der Waals surface area contributed by atoms with Crippen LogP contribution in [0.2, 0.25) is 0 Å². The van der Waals surface area contributed by atoms with E-state index in [0.29, 0.717) is 11.7 Å². The van der Waals surface area contributed by atoms with E-state index in [0.717, 1.165) is 38.5 Å². The average Bonchev–Trinajstić information content (AvgIpc) is 2.86. The standard InChI is InChI=1S/C11H21NO3S/c13-8-7-12(11-3-1-2-4-11)16(14,15)9-10-5-6-10/h10-11,13H,1-9H2. The van der Waals surface area contributed by atoms with Crippen LogP contribution in [0.4, 0.5) is 0 Å². The molecule has 2 fully saturated rings. The van der Waals surface area contributed by atoms with Gasteiger partial charge in [-0.05, 0) is 31.6 Å². The number of rotatable bonds is 6. The second-order valence-corrected chi connectivity index (χ2v) is 6.96. The molecule has 94 valence electrons. The smallest absolute Gasteiger partial charge is 0.214 e. The van der Waals surface area contributed by atoms with Gasteiger partial charge in [0.2, 0.25) is 10.0 Å². The second kappa shape index (κ2) is 5.02. The average molecular weight is 247 g/mol. The van der Waals surface area contributed by atoms with E-state index in [4.69, 9.17) is 5.11 Å². The minimum absolute atomic E-state index is 0.0691. The van der Waals surface area contributed by atoms with E-state index in [1.807, 2.05) is 0 Å². The Bertz CT molecular complexity index is 318. The summed E-state index contributed by atoms with van der Waals surface area (Å²) in [6, 6.07) is 0.149. The Hall–Kier alpha value is -0.130. The van der Waals surface area contributed by atoms with Gasteiger partial charge in [-0.1, -0.05) is 12.8 Å². The topological polar surface area (TPSA) is 57.6 Å². The lowest BCUT2D eigenvalue weighted by atomic mass is 10.2. The molecule has 0 atom stereocenters. The first-order valence-corrected chi connectivity index (χ1v) is 7.85. The van der Waals surface area contributed by atoms with Crippen LogP contribution in [0.3, 0.4) is 0 Å². The van der Waals surface area contributed by atoms with E-state index in [2.05, 4.69) is 0 Å². The fourth-order valence-electron chi connectivity index (χ4n) is 2.52. The maximum absolute atomic E-state index is 12.2. The molecule has 5 heteroatoms. The Labute approximate surface area is 97.7 Å². The maximum atomic E-state index is 12.2. The predicted molar refractivity (Wildman–Crippen MR) is 62.6 cm³/mol. The monoisotopic (exact) mass is 247 g/mol. The molecule has 16 heavy (non-hydrogen) atoms. The molecule has 0 bridgehead atoms. The van der Waals surface area contributed by atoms with E-state index in [1.54, 1.807) is 4.31 Å². The Morgan fingerprint density at radius 1 is 1.12 bits per heavy atom.